The lowest BCUT2D eigenvalue weighted by molar-refractivity contribution is 0.597. The summed E-state index contributed by atoms with van der Waals surface area (Å²) in [6, 6.07) is 6.14. The Labute approximate surface area is 123 Å². The van der Waals surface area contributed by atoms with Gasteiger partial charge in [0.1, 0.15) is 0 Å². The molecule has 2 rings (SSSR count). The summed E-state index contributed by atoms with van der Waals surface area (Å²) in [5, 5.41) is 7.81. The van der Waals surface area contributed by atoms with Crippen LogP contribution < -0.4 is 0 Å². The molecule has 0 bridgehead atoms. The molecule has 0 radical (unpaired) electrons. The van der Waals surface area contributed by atoms with Gasteiger partial charge in [0.15, 0.2) is 10.6 Å². The molecule has 0 saturated heterocycles. The predicted molar refractivity (Wildman–Crippen MR) is 81.0 cm³/mol. The highest BCUT2D eigenvalue weighted by molar-refractivity contribution is 14.1. The summed E-state index contributed by atoms with van der Waals surface area (Å²) in [5.74, 6) is 0.823. The Hall–Kier alpha value is -0.400. The summed E-state index contributed by atoms with van der Waals surface area (Å²) in [6.07, 6.45) is 0. The first-order chi connectivity index (χ1) is 8.00. The van der Waals surface area contributed by atoms with Gasteiger partial charge in [0.2, 0.25) is 0 Å². The Kier molecular flexibility index (Phi) is 3.89. The molecule has 0 fully saturated rings. The number of hydrogen-bond donors (Lipinski definition) is 1. The van der Waals surface area contributed by atoms with Crippen LogP contribution in [0, 0.1) is 8.34 Å². The van der Waals surface area contributed by atoms with E-state index in [0.29, 0.717) is 4.77 Å². The molecule has 0 aliphatic carbocycles. The van der Waals surface area contributed by atoms with Gasteiger partial charge in [-0.05, 0) is 60.8 Å². The van der Waals surface area contributed by atoms with Crippen molar-refractivity contribution in [3.05, 3.63) is 31.6 Å². The van der Waals surface area contributed by atoms with Gasteiger partial charge in [-0.25, -0.2) is 0 Å². The van der Waals surface area contributed by atoms with Gasteiger partial charge in [-0.1, -0.05) is 17.7 Å². The van der Waals surface area contributed by atoms with Crippen molar-refractivity contribution in [1.82, 2.24) is 14.8 Å². The molecular formula is C11H11ClIN3S. The van der Waals surface area contributed by atoms with Crippen LogP contribution in [-0.4, -0.2) is 14.8 Å². The van der Waals surface area contributed by atoms with E-state index in [1.807, 2.05) is 22.8 Å². The Balaban J connectivity index is 2.61. The number of aromatic nitrogens is 3. The van der Waals surface area contributed by atoms with Crippen molar-refractivity contribution in [2.24, 2.45) is 0 Å². The minimum absolute atomic E-state index is 0.259. The highest BCUT2D eigenvalue weighted by Gasteiger charge is 2.12. The standard InChI is InChI=1S/C11H11ClIN3S/c1-6(2)16-10(14-15-11(16)17)7-3-4-9(13)8(12)5-7/h3-6H,1-2H3,(H,15,17). The first-order valence-corrected chi connectivity index (χ1v) is 6.99. The Morgan fingerprint density at radius 2 is 2.18 bits per heavy atom. The maximum atomic E-state index is 6.12. The third-order valence-electron chi connectivity index (χ3n) is 2.40. The quantitative estimate of drug-likeness (QED) is 0.618. The van der Waals surface area contributed by atoms with Crippen molar-refractivity contribution in [2.75, 3.05) is 0 Å². The number of rotatable bonds is 2. The fourth-order valence-electron chi connectivity index (χ4n) is 1.62. The number of halogens is 2. The lowest BCUT2D eigenvalue weighted by atomic mass is 10.2. The predicted octanol–water partition coefficient (Wildman–Crippen LogP) is 4.45. The van der Waals surface area contributed by atoms with E-state index in [0.717, 1.165) is 20.0 Å². The Morgan fingerprint density at radius 3 is 2.76 bits per heavy atom. The average Bonchev–Trinajstić information content (AvgIpc) is 2.64. The molecule has 6 heteroatoms. The van der Waals surface area contributed by atoms with Crippen molar-refractivity contribution < 1.29 is 0 Å². The van der Waals surface area contributed by atoms with Crippen LogP contribution in [0.1, 0.15) is 19.9 Å². The van der Waals surface area contributed by atoms with Gasteiger partial charge >= 0.3 is 0 Å². The second-order valence-corrected chi connectivity index (χ2v) is 5.90. The molecule has 1 heterocycles. The first-order valence-electron chi connectivity index (χ1n) is 5.13. The SMILES string of the molecule is CC(C)n1c(-c2ccc(I)c(Cl)c2)n[nH]c1=S. The Morgan fingerprint density at radius 1 is 1.47 bits per heavy atom. The van der Waals surface area contributed by atoms with Crippen LogP contribution in [0.3, 0.4) is 0 Å². The van der Waals surface area contributed by atoms with E-state index in [1.165, 1.54) is 0 Å². The molecule has 2 aromatic rings. The molecule has 1 N–H and O–H groups in total. The zero-order valence-corrected chi connectivity index (χ0v) is 13.1. The fourth-order valence-corrected chi connectivity index (χ4v) is 2.48. The monoisotopic (exact) mass is 379 g/mol. The largest absolute Gasteiger partial charge is 0.298 e. The molecule has 3 nitrogen and oxygen atoms in total. The number of H-pyrrole nitrogens is 1. The lowest BCUT2D eigenvalue weighted by Gasteiger charge is -2.10. The number of nitrogens with one attached hydrogen (secondary N) is 1. The van der Waals surface area contributed by atoms with E-state index < -0.39 is 0 Å². The molecule has 1 aromatic heterocycles. The smallest absolute Gasteiger partial charge is 0.195 e. The van der Waals surface area contributed by atoms with Gasteiger partial charge in [-0.2, -0.15) is 5.10 Å². The third-order valence-corrected chi connectivity index (χ3v) is 4.26. The highest BCUT2D eigenvalue weighted by atomic mass is 127. The molecule has 0 saturated carbocycles. The minimum atomic E-state index is 0.259. The molecule has 0 aliphatic heterocycles. The molecule has 0 amide bonds. The van der Waals surface area contributed by atoms with Gasteiger partial charge in [-0.3, -0.25) is 9.67 Å². The van der Waals surface area contributed by atoms with Crippen LogP contribution in [-0.2, 0) is 0 Å². The zero-order valence-electron chi connectivity index (χ0n) is 9.37. The van der Waals surface area contributed by atoms with E-state index in [-0.39, 0.29) is 6.04 Å². The molecule has 0 atom stereocenters. The van der Waals surface area contributed by atoms with Crippen molar-refractivity contribution in [3.8, 4) is 11.4 Å². The molecule has 1 aromatic carbocycles. The van der Waals surface area contributed by atoms with Crippen LogP contribution in [0.2, 0.25) is 5.02 Å². The topological polar surface area (TPSA) is 33.6 Å². The molecule has 0 spiro atoms. The van der Waals surface area contributed by atoms with Gasteiger partial charge in [0, 0.05) is 15.2 Å². The number of benzene rings is 1. The van der Waals surface area contributed by atoms with Crippen molar-refractivity contribution in [2.45, 2.75) is 19.9 Å². The van der Waals surface area contributed by atoms with Crippen LogP contribution in [0.4, 0.5) is 0 Å². The van der Waals surface area contributed by atoms with Crippen molar-refractivity contribution in [3.63, 3.8) is 0 Å². The zero-order chi connectivity index (χ0) is 12.6. The molecule has 0 aliphatic rings. The van der Waals surface area contributed by atoms with Crippen LogP contribution >= 0.6 is 46.4 Å². The number of hydrogen-bond acceptors (Lipinski definition) is 2. The molecule has 0 unspecified atom stereocenters. The van der Waals surface area contributed by atoms with E-state index in [4.69, 9.17) is 23.8 Å². The third kappa shape index (κ3) is 2.56. The van der Waals surface area contributed by atoms with E-state index in [2.05, 4.69) is 46.6 Å². The van der Waals surface area contributed by atoms with E-state index in [1.54, 1.807) is 0 Å². The van der Waals surface area contributed by atoms with Crippen LogP contribution in [0.5, 0.6) is 0 Å². The number of aromatic amines is 1. The summed E-state index contributed by atoms with van der Waals surface area (Å²) >= 11 is 13.5. The van der Waals surface area contributed by atoms with Crippen molar-refractivity contribution >= 4 is 46.4 Å². The van der Waals surface area contributed by atoms with Gasteiger partial charge < -0.3 is 0 Å². The maximum Gasteiger partial charge on any atom is 0.195 e. The fraction of sp³-hybridized carbons (Fsp3) is 0.273. The Bertz CT molecular complexity index is 603. The van der Waals surface area contributed by atoms with Crippen molar-refractivity contribution in [1.29, 1.82) is 0 Å². The highest BCUT2D eigenvalue weighted by Crippen LogP contribution is 2.26. The molecule has 90 valence electrons. The molecule has 17 heavy (non-hydrogen) atoms. The first kappa shape index (κ1) is 13.0. The normalized spacial score (nSPS) is 11.1. The summed E-state index contributed by atoms with van der Waals surface area (Å²) in [5.41, 5.74) is 0.969. The summed E-state index contributed by atoms with van der Waals surface area (Å²) < 4.78 is 3.64. The second kappa shape index (κ2) is 5.07. The second-order valence-electron chi connectivity index (χ2n) is 3.95. The molecular weight excluding hydrogens is 369 g/mol. The summed E-state index contributed by atoms with van der Waals surface area (Å²) in [4.78, 5) is 0. The maximum absolute atomic E-state index is 6.12. The minimum Gasteiger partial charge on any atom is -0.298 e. The lowest BCUT2D eigenvalue weighted by Crippen LogP contribution is -2.03. The van der Waals surface area contributed by atoms with Crippen LogP contribution in [0.25, 0.3) is 11.4 Å². The summed E-state index contributed by atoms with van der Waals surface area (Å²) in [6.45, 7) is 4.15. The van der Waals surface area contributed by atoms with E-state index in [9.17, 15) is 0 Å². The van der Waals surface area contributed by atoms with Gasteiger partial charge in [0.25, 0.3) is 0 Å². The van der Waals surface area contributed by atoms with Crippen LogP contribution in [0.15, 0.2) is 18.2 Å². The average molecular weight is 380 g/mol. The number of nitrogens with zero attached hydrogens (tertiary/aromatic N) is 2. The van der Waals surface area contributed by atoms with E-state index >= 15 is 0 Å². The van der Waals surface area contributed by atoms with Gasteiger partial charge in [-0.15, -0.1) is 0 Å². The van der Waals surface area contributed by atoms with Gasteiger partial charge in [0.05, 0.1) is 5.02 Å². The summed E-state index contributed by atoms with van der Waals surface area (Å²) in [7, 11) is 0.